The fourth-order valence-electron chi connectivity index (χ4n) is 2.01. The van der Waals surface area contributed by atoms with Crippen LogP contribution >= 0.6 is 0 Å². The van der Waals surface area contributed by atoms with Crippen molar-refractivity contribution in [2.45, 2.75) is 25.8 Å². The number of rotatable bonds is 5. The van der Waals surface area contributed by atoms with Gasteiger partial charge in [-0.3, -0.25) is 14.5 Å². The van der Waals surface area contributed by atoms with Gasteiger partial charge in [0, 0.05) is 25.6 Å². The summed E-state index contributed by atoms with van der Waals surface area (Å²) in [5.41, 5.74) is 2.00. The van der Waals surface area contributed by atoms with Gasteiger partial charge in [-0.1, -0.05) is 6.92 Å². The first-order chi connectivity index (χ1) is 9.19. The van der Waals surface area contributed by atoms with E-state index in [1.807, 2.05) is 25.4 Å². The minimum atomic E-state index is 0.0108. The monoisotopic (exact) mass is 258 g/mol. The van der Waals surface area contributed by atoms with Crippen molar-refractivity contribution in [2.75, 3.05) is 0 Å². The zero-order valence-corrected chi connectivity index (χ0v) is 11.2. The zero-order chi connectivity index (χ0) is 13.7. The Morgan fingerprint density at radius 1 is 1.42 bits per heavy atom. The van der Waals surface area contributed by atoms with Crippen LogP contribution in [0.2, 0.25) is 0 Å². The number of carbonyl (C=O) groups excluding carboxylic acids is 1. The highest BCUT2D eigenvalue weighted by molar-refractivity contribution is 5.78. The van der Waals surface area contributed by atoms with E-state index in [2.05, 4.69) is 22.3 Å². The lowest BCUT2D eigenvalue weighted by atomic mass is 10.1. The summed E-state index contributed by atoms with van der Waals surface area (Å²) in [6, 6.07) is 3.89. The lowest BCUT2D eigenvalue weighted by Crippen LogP contribution is -2.29. The third kappa shape index (κ3) is 3.64. The molecule has 2 aromatic heterocycles. The Hall–Kier alpha value is -2.17. The fraction of sp³-hybridized carbons (Fsp3) is 0.357. The van der Waals surface area contributed by atoms with Gasteiger partial charge in [0.1, 0.15) is 0 Å². The molecule has 0 fully saturated rings. The molecular formula is C14H18N4O. The molecule has 1 atom stereocenters. The third-order valence-electron chi connectivity index (χ3n) is 2.97. The van der Waals surface area contributed by atoms with E-state index in [0.29, 0.717) is 6.42 Å². The van der Waals surface area contributed by atoms with E-state index in [0.717, 1.165) is 17.5 Å². The summed E-state index contributed by atoms with van der Waals surface area (Å²) in [7, 11) is 1.84. The molecule has 0 unspecified atom stereocenters. The molecule has 100 valence electrons. The second-order valence-electron chi connectivity index (χ2n) is 4.51. The summed E-state index contributed by atoms with van der Waals surface area (Å²) in [5.74, 6) is 0.0108. The maximum Gasteiger partial charge on any atom is 0.225 e. The Labute approximate surface area is 112 Å². The first kappa shape index (κ1) is 13.3. The number of amides is 1. The number of pyridine rings is 1. The molecular weight excluding hydrogens is 240 g/mol. The van der Waals surface area contributed by atoms with Gasteiger partial charge in [0.2, 0.25) is 5.91 Å². The van der Waals surface area contributed by atoms with Crippen molar-refractivity contribution in [3.63, 3.8) is 0 Å². The van der Waals surface area contributed by atoms with Crippen molar-refractivity contribution < 1.29 is 4.79 Å². The van der Waals surface area contributed by atoms with E-state index >= 15 is 0 Å². The molecule has 1 amide bonds. The third-order valence-corrected chi connectivity index (χ3v) is 2.97. The van der Waals surface area contributed by atoms with E-state index < -0.39 is 0 Å². The standard InChI is InChI=1S/C14H18N4O/c1-3-13(12-4-6-15-7-5-12)17-14(19)8-11-9-16-18(2)10-11/h4-7,9-10,13H,3,8H2,1-2H3,(H,17,19)/t13-/m0/s1. The van der Waals surface area contributed by atoms with E-state index in [1.165, 1.54) is 0 Å². The van der Waals surface area contributed by atoms with Gasteiger partial charge in [-0.05, 0) is 29.7 Å². The summed E-state index contributed by atoms with van der Waals surface area (Å²) in [6.45, 7) is 2.05. The number of carbonyl (C=O) groups is 1. The quantitative estimate of drug-likeness (QED) is 0.886. The number of nitrogens with one attached hydrogen (secondary N) is 1. The first-order valence-electron chi connectivity index (χ1n) is 6.36. The molecule has 5 nitrogen and oxygen atoms in total. The van der Waals surface area contributed by atoms with E-state index in [4.69, 9.17) is 0 Å². The number of aryl methyl sites for hydroxylation is 1. The SMILES string of the molecule is CC[C@H](NC(=O)Cc1cnn(C)c1)c1ccncc1. The van der Waals surface area contributed by atoms with Crippen molar-refractivity contribution in [2.24, 2.45) is 7.05 Å². The highest BCUT2D eigenvalue weighted by Crippen LogP contribution is 2.15. The highest BCUT2D eigenvalue weighted by atomic mass is 16.1. The first-order valence-corrected chi connectivity index (χ1v) is 6.36. The van der Waals surface area contributed by atoms with Crippen LogP contribution in [-0.2, 0) is 18.3 Å². The molecule has 0 aliphatic rings. The van der Waals surface area contributed by atoms with Crippen LogP contribution in [0.1, 0.15) is 30.5 Å². The van der Waals surface area contributed by atoms with Crippen LogP contribution in [0.4, 0.5) is 0 Å². The molecule has 0 bridgehead atoms. The van der Waals surface area contributed by atoms with Gasteiger partial charge in [0.05, 0.1) is 18.7 Å². The Balaban J connectivity index is 1.97. The van der Waals surface area contributed by atoms with Crippen molar-refractivity contribution in [3.8, 4) is 0 Å². The molecule has 0 radical (unpaired) electrons. The Bertz CT molecular complexity index is 535. The summed E-state index contributed by atoms with van der Waals surface area (Å²) < 4.78 is 1.70. The molecule has 0 aliphatic heterocycles. The van der Waals surface area contributed by atoms with Gasteiger partial charge in [-0.25, -0.2) is 0 Å². The normalized spacial score (nSPS) is 12.1. The lowest BCUT2D eigenvalue weighted by molar-refractivity contribution is -0.121. The van der Waals surface area contributed by atoms with Gasteiger partial charge >= 0.3 is 0 Å². The van der Waals surface area contributed by atoms with Gasteiger partial charge in [0.25, 0.3) is 0 Å². The molecule has 2 rings (SSSR count). The maximum atomic E-state index is 12.0. The highest BCUT2D eigenvalue weighted by Gasteiger charge is 2.13. The molecule has 5 heteroatoms. The second kappa shape index (κ2) is 6.13. The number of nitrogens with zero attached hydrogens (tertiary/aromatic N) is 3. The summed E-state index contributed by atoms with van der Waals surface area (Å²) in [4.78, 5) is 16.0. The van der Waals surface area contributed by atoms with E-state index in [-0.39, 0.29) is 11.9 Å². The van der Waals surface area contributed by atoms with Crippen LogP contribution in [-0.4, -0.2) is 20.7 Å². The predicted molar refractivity (Wildman–Crippen MR) is 72.3 cm³/mol. The molecule has 0 saturated carbocycles. The van der Waals surface area contributed by atoms with Gasteiger partial charge in [-0.15, -0.1) is 0 Å². The van der Waals surface area contributed by atoms with Crippen molar-refractivity contribution in [3.05, 3.63) is 48.0 Å². The molecule has 19 heavy (non-hydrogen) atoms. The second-order valence-corrected chi connectivity index (χ2v) is 4.51. The number of hydrogen-bond acceptors (Lipinski definition) is 3. The van der Waals surface area contributed by atoms with Crippen LogP contribution in [0.15, 0.2) is 36.9 Å². The number of aromatic nitrogens is 3. The minimum absolute atomic E-state index is 0.0108. The molecule has 0 aromatic carbocycles. The summed E-state index contributed by atoms with van der Waals surface area (Å²) in [5, 5.41) is 7.09. The van der Waals surface area contributed by atoms with E-state index in [1.54, 1.807) is 23.3 Å². The fourth-order valence-corrected chi connectivity index (χ4v) is 2.01. The van der Waals surface area contributed by atoms with Crippen LogP contribution in [0.3, 0.4) is 0 Å². The molecule has 0 spiro atoms. The largest absolute Gasteiger partial charge is 0.349 e. The number of hydrogen-bond donors (Lipinski definition) is 1. The van der Waals surface area contributed by atoms with Crippen LogP contribution in [0.25, 0.3) is 0 Å². The Morgan fingerprint density at radius 3 is 2.74 bits per heavy atom. The topological polar surface area (TPSA) is 59.8 Å². The van der Waals surface area contributed by atoms with Gasteiger partial charge in [0.15, 0.2) is 0 Å². The molecule has 0 aliphatic carbocycles. The molecule has 2 aromatic rings. The zero-order valence-electron chi connectivity index (χ0n) is 11.2. The maximum absolute atomic E-state index is 12.0. The van der Waals surface area contributed by atoms with Crippen LogP contribution in [0, 0.1) is 0 Å². The molecule has 1 N–H and O–H groups in total. The van der Waals surface area contributed by atoms with Crippen molar-refractivity contribution >= 4 is 5.91 Å². The Morgan fingerprint density at radius 2 is 2.16 bits per heavy atom. The van der Waals surface area contributed by atoms with E-state index in [9.17, 15) is 4.79 Å². The van der Waals surface area contributed by atoms with Gasteiger partial charge < -0.3 is 5.32 Å². The van der Waals surface area contributed by atoms with Gasteiger partial charge in [-0.2, -0.15) is 5.10 Å². The lowest BCUT2D eigenvalue weighted by Gasteiger charge is -2.16. The molecule has 0 saturated heterocycles. The summed E-state index contributed by atoms with van der Waals surface area (Å²) >= 11 is 0. The van der Waals surface area contributed by atoms with Crippen LogP contribution in [0.5, 0.6) is 0 Å². The summed E-state index contributed by atoms with van der Waals surface area (Å²) in [6.07, 6.45) is 8.26. The van der Waals surface area contributed by atoms with Crippen LogP contribution < -0.4 is 5.32 Å². The minimum Gasteiger partial charge on any atom is -0.349 e. The Kier molecular flexibility index (Phi) is 4.28. The van der Waals surface area contributed by atoms with Crippen molar-refractivity contribution in [1.82, 2.24) is 20.1 Å². The average Bonchev–Trinajstić information content (AvgIpc) is 2.82. The predicted octanol–water partition coefficient (Wildman–Crippen LogP) is 1.63. The smallest absolute Gasteiger partial charge is 0.225 e. The molecule has 2 heterocycles. The average molecular weight is 258 g/mol. The van der Waals surface area contributed by atoms with Crippen molar-refractivity contribution in [1.29, 1.82) is 0 Å².